The first kappa shape index (κ1) is 8.07. The van der Waals surface area contributed by atoms with Crippen LogP contribution in [-0.4, -0.2) is 5.97 Å². The Morgan fingerprint density at radius 2 is 2.36 bits per heavy atom. The monoisotopic (exact) mass is 171 g/mol. The van der Waals surface area contributed by atoms with Gasteiger partial charge in [-0.05, 0) is 13.0 Å². The Hall–Kier alpha value is -1.03. The second-order valence-electron chi connectivity index (χ2n) is 2.21. The zero-order valence-electron chi connectivity index (χ0n) is 6.38. The molecule has 0 fully saturated rings. The van der Waals surface area contributed by atoms with Gasteiger partial charge >= 0.3 is 5.97 Å². The average molecular weight is 171 g/mol. The van der Waals surface area contributed by atoms with Gasteiger partial charge < -0.3 is 10.5 Å². The van der Waals surface area contributed by atoms with Gasteiger partial charge in [0.1, 0.15) is 0 Å². The number of thiophene rings is 1. The molecule has 11 heavy (non-hydrogen) atoms. The predicted octanol–water partition coefficient (Wildman–Crippen LogP) is 1.56. The lowest BCUT2D eigenvalue weighted by molar-refractivity contribution is -0.131. The van der Waals surface area contributed by atoms with E-state index in [1.54, 1.807) is 6.07 Å². The van der Waals surface area contributed by atoms with E-state index in [4.69, 9.17) is 10.5 Å². The highest BCUT2D eigenvalue weighted by atomic mass is 32.1. The number of anilines is 1. The summed E-state index contributed by atoms with van der Waals surface area (Å²) in [6.07, 6.45) is 0. The lowest BCUT2D eigenvalue weighted by Crippen LogP contribution is -2.00. The minimum Gasteiger partial charge on any atom is -0.415 e. The molecular formula is C7H9NO2S. The molecule has 60 valence electrons. The van der Waals surface area contributed by atoms with Crippen molar-refractivity contribution < 1.29 is 9.53 Å². The topological polar surface area (TPSA) is 52.3 Å². The van der Waals surface area contributed by atoms with Crippen molar-refractivity contribution >= 4 is 22.3 Å². The van der Waals surface area contributed by atoms with Crippen LogP contribution < -0.4 is 10.5 Å². The Labute approximate surface area is 68.8 Å². The summed E-state index contributed by atoms with van der Waals surface area (Å²) in [5.41, 5.74) is 6.39. The molecule has 0 aliphatic rings. The molecule has 0 amide bonds. The lowest BCUT2D eigenvalue weighted by Gasteiger charge is -1.95. The van der Waals surface area contributed by atoms with Crippen molar-refractivity contribution in [2.24, 2.45) is 0 Å². The molecule has 0 spiro atoms. The second-order valence-corrected chi connectivity index (χ2v) is 3.26. The van der Waals surface area contributed by atoms with Gasteiger partial charge in [-0.1, -0.05) is 11.3 Å². The number of ether oxygens (including phenoxy) is 1. The van der Waals surface area contributed by atoms with Crippen LogP contribution in [0.1, 0.15) is 12.5 Å². The van der Waals surface area contributed by atoms with Crippen molar-refractivity contribution in [3.05, 3.63) is 11.6 Å². The van der Waals surface area contributed by atoms with E-state index in [1.165, 1.54) is 18.3 Å². The average Bonchev–Trinajstić information content (AvgIpc) is 2.09. The zero-order chi connectivity index (χ0) is 8.43. The molecular weight excluding hydrogens is 162 g/mol. The van der Waals surface area contributed by atoms with Crippen LogP contribution in [0.2, 0.25) is 0 Å². The molecule has 1 aromatic rings. The van der Waals surface area contributed by atoms with E-state index in [1.807, 2.05) is 6.92 Å². The van der Waals surface area contributed by atoms with Crippen molar-refractivity contribution in [3.8, 4) is 5.06 Å². The maximum Gasteiger partial charge on any atom is 0.308 e. The van der Waals surface area contributed by atoms with Crippen molar-refractivity contribution in [3.63, 3.8) is 0 Å². The third kappa shape index (κ3) is 1.94. The lowest BCUT2D eigenvalue weighted by atomic mass is 10.4. The number of aryl methyl sites for hydroxylation is 1. The standard InChI is InChI=1S/C7H9NO2S/c1-4-3-6(8)11-7(4)10-5(2)9/h3H,8H2,1-2H3. The largest absolute Gasteiger partial charge is 0.415 e. The Balaban J connectivity index is 2.85. The number of carbonyl (C=O) groups is 1. The van der Waals surface area contributed by atoms with Crippen LogP contribution in [0.5, 0.6) is 5.06 Å². The van der Waals surface area contributed by atoms with E-state index in [0.717, 1.165) is 5.56 Å². The number of nitrogen functional groups attached to an aromatic ring is 1. The molecule has 0 aliphatic heterocycles. The minimum atomic E-state index is -0.310. The summed E-state index contributed by atoms with van der Waals surface area (Å²) in [6.45, 7) is 3.22. The van der Waals surface area contributed by atoms with Crippen LogP contribution in [0.3, 0.4) is 0 Å². The summed E-state index contributed by atoms with van der Waals surface area (Å²) in [5.74, 6) is -0.310. The molecule has 0 saturated carbocycles. The summed E-state index contributed by atoms with van der Waals surface area (Å²) in [6, 6.07) is 1.78. The first-order chi connectivity index (χ1) is 5.09. The van der Waals surface area contributed by atoms with E-state index in [0.29, 0.717) is 10.1 Å². The smallest absolute Gasteiger partial charge is 0.308 e. The molecule has 2 N–H and O–H groups in total. The maximum atomic E-state index is 10.5. The number of carbonyl (C=O) groups excluding carboxylic acids is 1. The van der Waals surface area contributed by atoms with Crippen molar-refractivity contribution in [2.75, 3.05) is 5.73 Å². The van der Waals surface area contributed by atoms with E-state index < -0.39 is 0 Å². The third-order valence-electron chi connectivity index (χ3n) is 1.13. The molecule has 0 atom stereocenters. The third-order valence-corrected chi connectivity index (χ3v) is 2.07. The van der Waals surface area contributed by atoms with Crippen molar-refractivity contribution in [2.45, 2.75) is 13.8 Å². The van der Waals surface area contributed by atoms with Gasteiger partial charge in [0, 0.05) is 12.5 Å². The Bertz CT molecular complexity index is 280. The summed E-state index contributed by atoms with van der Waals surface area (Å²) in [4.78, 5) is 10.5. The predicted molar refractivity (Wildman–Crippen MR) is 44.8 cm³/mol. The number of hydrogen-bond acceptors (Lipinski definition) is 4. The number of hydrogen-bond donors (Lipinski definition) is 1. The quantitative estimate of drug-likeness (QED) is 0.652. The van der Waals surface area contributed by atoms with Crippen LogP contribution in [0, 0.1) is 6.92 Å². The van der Waals surface area contributed by atoms with Crippen LogP contribution >= 0.6 is 11.3 Å². The molecule has 1 rings (SSSR count). The molecule has 4 heteroatoms. The van der Waals surface area contributed by atoms with E-state index in [9.17, 15) is 4.79 Å². The maximum absolute atomic E-state index is 10.5. The van der Waals surface area contributed by atoms with Crippen LogP contribution in [0.4, 0.5) is 5.00 Å². The van der Waals surface area contributed by atoms with Crippen molar-refractivity contribution in [1.29, 1.82) is 0 Å². The first-order valence-corrected chi connectivity index (χ1v) is 3.95. The zero-order valence-corrected chi connectivity index (χ0v) is 7.20. The number of esters is 1. The van der Waals surface area contributed by atoms with Gasteiger partial charge in [0.15, 0.2) is 5.06 Å². The highest BCUT2D eigenvalue weighted by Crippen LogP contribution is 2.31. The SMILES string of the molecule is CC(=O)Oc1sc(N)cc1C. The molecule has 0 bridgehead atoms. The summed E-state index contributed by atoms with van der Waals surface area (Å²) in [7, 11) is 0. The highest BCUT2D eigenvalue weighted by Gasteiger charge is 2.05. The fourth-order valence-electron chi connectivity index (χ4n) is 0.721. The Kier molecular flexibility index (Phi) is 2.14. The molecule has 0 saturated heterocycles. The minimum absolute atomic E-state index is 0.310. The van der Waals surface area contributed by atoms with Crippen LogP contribution in [-0.2, 0) is 4.79 Å². The first-order valence-electron chi connectivity index (χ1n) is 3.14. The van der Waals surface area contributed by atoms with Gasteiger partial charge in [0.2, 0.25) is 0 Å². The molecule has 0 aliphatic carbocycles. The van der Waals surface area contributed by atoms with Gasteiger partial charge in [0.05, 0.1) is 5.00 Å². The molecule has 0 unspecified atom stereocenters. The van der Waals surface area contributed by atoms with E-state index in [2.05, 4.69) is 0 Å². The summed E-state index contributed by atoms with van der Waals surface area (Å²) < 4.78 is 4.87. The number of nitrogens with two attached hydrogens (primary N) is 1. The van der Waals surface area contributed by atoms with Crippen LogP contribution in [0.25, 0.3) is 0 Å². The van der Waals surface area contributed by atoms with Crippen LogP contribution in [0.15, 0.2) is 6.07 Å². The molecule has 0 aromatic carbocycles. The molecule has 1 aromatic heterocycles. The van der Waals surface area contributed by atoms with E-state index >= 15 is 0 Å². The van der Waals surface area contributed by atoms with Gasteiger partial charge in [-0.3, -0.25) is 4.79 Å². The Morgan fingerprint density at radius 3 is 2.73 bits per heavy atom. The van der Waals surface area contributed by atoms with Gasteiger partial charge in [-0.15, -0.1) is 0 Å². The van der Waals surface area contributed by atoms with Gasteiger partial charge in [0.25, 0.3) is 0 Å². The van der Waals surface area contributed by atoms with E-state index in [-0.39, 0.29) is 5.97 Å². The second kappa shape index (κ2) is 2.92. The Morgan fingerprint density at radius 1 is 1.73 bits per heavy atom. The molecule has 1 heterocycles. The fourth-order valence-corrected chi connectivity index (χ4v) is 1.55. The fraction of sp³-hybridized carbons (Fsp3) is 0.286. The van der Waals surface area contributed by atoms with Crippen molar-refractivity contribution in [1.82, 2.24) is 0 Å². The summed E-state index contributed by atoms with van der Waals surface area (Å²) >= 11 is 1.28. The molecule has 3 nitrogen and oxygen atoms in total. The number of rotatable bonds is 1. The van der Waals surface area contributed by atoms with Gasteiger partial charge in [-0.2, -0.15) is 0 Å². The highest BCUT2D eigenvalue weighted by molar-refractivity contribution is 7.17. The molecule has 0 radical (unpaired) electrons. The summed E-state index contributed by atoms with van der Waals surface area (Å²) in [5, 5.41) is 1.26. The van der Waals surface area contributed by atoms with Gasteiger partial charge in [-0.25, -0.2) is 0 Å². The normalized spacial score (nSPS) is 9.64.